The van der Waals surface area contributed by atoms with Crippen molar-refractivity contribution in [3.8, 4) is 5.75 Å². The number of carbonyl (C=O) groups is 1. The Morgan fingerprint density at radius 3 is 3.04 bits per heavy atom. The fraction of sp³-hybridized carbons (Fsp3) is 0.176. The van der Waals surface area contributed by atoms with Crippen LogP contribution in [0.2, 0.25) is 5.15 Å². The molecule has 0 radical (unpaired) electrons. The van der Waals surface area contributed by atoms with Crippen molar-refractivity contribution in [3.63, 3.8) is 0 Å². The van der Waals surface area contributed by atoms with Gasteiger partial charge in [0.2, 0.25) is 0 Å². The number of rotatable bonds is 5. The van der Waals surface area contributed by atoms with Crippen LogP contribution in [0.5, 0.6) is 5.75 Å². The molecule has 0 saturated carbocycles. The maximum Gasteiger partial charge on any atom is 0.254 e. The molecule has 2 aromatic heterocycles. The molecule has 0 atom stereocenters. The molecule has 3 rings (SSSR count). The number of hydrogen-bond acceptors (Lipinski definition) is 3. The summed E-state index contributed by atoms with van der Waals surface area (Å²) < 4.78 is 5.26. The van der Waals surface area contributed by atoms with Crippen LogP contribution in [0.1, 0.15) is 15.9 Å². The largest absolute Gasteiger partial charge is 0.497 e. The van der Waals surface area contributed by atoms with Crippen LogP contribution in [-0.4, -0.2) is 29.5 Å². The van der Waals surface area contributed by atoms with Gasteiger partial charge in [-0.2, -0.15) is 0 Å². The van der Waals surface area contributed by atoms with Crippen LogP contribution < -0.4 is 10.1 Å². The van der Waals surface area contributed by atoms with E-state index in [1.165, 1.54) is 0 Å². The predicted molar refractivity (Wildman–Crippen MR) is 90.1 cm³/mol. The minimum atomic E-state index is -0.222. The lowest BCUT2D eigenvalue weighted by atomic mass is 10.1. The number of pyridine rings is 1. The van der Waals surface area contributed by atoms with Gasteiger partial charge in [0.15, 0.2) is 0 Å². The number of H-pyrrole nitrogens is 1. The molecule has 2 heterocycles. The molecule has 1 aromatic carbocycles. The third-order valence-corrected chi connectivity index (χ3v) is 3.96. The fourth-order valence-corrected chi connectivity index (χ4v) is 2.66. The van der Waals surface area contributed by atoms with Gasteiger partial charge < -0.3 is 15.0 Å². The van der Waals surface area contributed by atoms with Crippen molar-refractivity contribution in [3.05, 3.63) is 59.0 Å². The summed E-state index contributed by atoms with van der Waals surface area (Å²) in [5.74, 6) is 0.588. The van der Waals surface area contributed by atoms with E-state index in [0.29, 0.717) is 18.5 Å². The molecule has 2 N–H and O–H groups in total. The molecule has 23 heavy (non-hydrogen) atoms. The molecule has 118 valence electrons. The Hall–Kier alpha value is -2.53. The Balaban J connectivity index is 1.67. The molecule has 3 aromatic rings. The van der Waals surface area contributed by atoms with Gasteiger partial charge in [0, 0.05) is 29.8 Å². The Labute approximate surface area is 138 Å². The maximum atomic E-state index is 12.1. The average molecular weight is 330 g/mol. The SMILES string of the molecule is COc1ccc2[nH]cc(CCNC(=O)c3cccnc3Cl)c2c1. The van der Waals surface area contributed by atoms with Gasteiger partial charge >= 0.3 is 0 Å². The van der Waals surface area contributed by atoms with Gasteiger partial charge in [0.1, 0.15) is 10.9 Å². The predicted octanol–water partition coefficient (Wildman–Crippen LogP) is 3.20. The Bertz CT molecular complexity index is 845. The molecule has 0 saturated heterocycles. The van der Waals surface area contributed by atoms with Gasteiger partial charge in [-0.25, -0.2) is 4.98 Å². The smallest absolute Gasteiger partial charge is 0.254 e. The van der Waals surface area contributed by atoms with Crippen LogP contribution in [-0.2, 0) is 6.42 Å². The summed E-state index contributed by atoms with van der Waals surface area (Å²) in [5, 5.41) is 4.17. The maximum absolute atomic E-state index is 12.1. The van der Waals surface area contributed by atoms with Crippen molar-refractivity contribution in [2.24, 2.45) is 0 Å². The second-order valence-electron chi connectivity index (χ2n) is 5.07. The highest BCUT2D eigenvalue weighted by molar-refractivity contribution is 6.32. The lowest BCUT2D eigenvalue weighted by Gasteiger charge is -2.06. The first-order chi connectivity index (χ1) is 11.2. The third-order valence-electron chi connectivity index (χ3n) is 3.66. The van der Waals surface area contributed by atoms with Gasteiger partial charge in [0.05, 0.1) is 12.7 Å². The van der Waals surface area contributed by atoms with E-state index >= 15 is 0 Å². The quantitative estimate of drug-likeness (QED) is 0.706. The van der Waals surface area contributed by atoms with Crippen LogP contribution in [0.4, 0.5) is 0 Å². The van der Waals surface area contributed by atoms with E-state index in [1.807, 2.05) is 24.4 Å². The van der Waals surface area contributed by atoms with Crippen LogP contribution >= 0.6 is 11.6 Å². The zero-order valence-corrected chi connectivity index (χ0v) is 13.4. The number of ether oxygens (including phenoxy) is 1. The van der Waals surface area contributed by atoms with Gasteiger partial charge in [-0.3, -0.25) is 4.79 Å². The van der Waals surface area contributed by atoms with Crippen molar-refractivity contribution in [1.29, 1.82) is 0 Å². The summed E-state index contributed by atoms with van der Waals surface area (Å²) in [5.41, 5.74) is 2.55. The number of methoxy groups -OCH3 is 1. The highest BCUT2D eigenvalue weighted by atomic mass is 35.5. The third kappa shape index (κ3) is 3.29. The number of nitrogens with zero attached hydrogens (tertiary/aromatic N) is 1. The molecule has 6 heteroatoms. The van der Waals surface area contributed by atoms with E-state index in [9.17, 15) is 4.79 Å². The van der Waals surface area contributed by atoms with Gasteiger partial charge in [-0.1, -0.05) is 11.6 Å². The van der Waals surface area contributed by atoms with Crippen molar-refractivity contribution in [1.82, 2.24) is 15.3 Å². The highest BCUT2D eigenvalue weighted by Crippen LogP contribution is 2.23. The summed E-state index contributed by atoms with van der Waals surface area (Å²) in [4.78, 5) is 19.2. The zero-order valence-electron chi connectivity index (χ0n) is 12.6. The van der Waals surface area contributed by atoms with Gasteiger partial charge in [0.25, 0.3) is 5.91 Å². The lowest BCUT2D eigenvalue weighted by Crippen LogP contribution is -2.26. The molecule has 5 nitrogen and oxygen atoms in total. The van der Waals surface area contributed by atoms with E-state index in [-0.39, 0.29) is 11.1 Å². The van der Waals surface area contributed by atoms with Crippen molar-refractivity contribution >= 4 is 28.4 Å². The number of nitrogens with one attached hydrogen (secondary N) is 2. The van der Waals surface area contributed by atoms with E-state index in [2.05, 4.69) is 15.3 Å². The molecule has 0 spiro atoms. The Morgan fingerprint density at radius 1 is 1.39 bits per heavy atom. The molecule has 0 aliphatic rings. The summed E-state index contributed by atoms with van der Waals surface area (Å²) in [6, 6.07) is 9.22. The number of hydrogen-bond donors (Lipinski definition) is 2. The number of aromatic amines is 1. The van der Waals surface area contributed by atoms with Crippen LogP contribution in [0.25, 0.3) is 10.9 Å². The summed E-state index contributed by atoms with van der Waals surface area (Å²) in [7, 11) is 1.64. The number of fused-ring (bicyclic) bond motifs is 1. The molecule has 0 bridgehead atoms. The minimum Gasteiger partial charge on any atom is -0.497 e. The van der Waals surface area contributed by atoms with Gasteiger partial charge in [-0.05, 0) is 42.3 Å². The van der Waals surface area contributed by atoms with E-state index < -0.39 is 0 Å². The Kier molecular flexibility index (Phi) is 4.48. The molecule has 0 aliphatic heterocycles. The number of amides is 1. The van der Waals surface area contributed by atoms with Crippen molar-refractivity contribution < 1.29 is 9.53 Å². The number of carbonyl (C=O) groups excluding carboxylic acids is 1. The first kappa shape index (κ1) is 15.4. The summed E-state index contributed by atoms with van der Waals surface area (Å²) in [6.45, 7) is 0.508. The van der Waals surface area contributed by atoms with Crippen molar-refractivity contribution in [2.45, 2.75) is 6.42 Å². The summed E-state index contributed by atoms with van der Waals surface area (Å²) >= 11 is 5.92. The lowest BCUT2D eigenvalue weighted by molar-refractivity contribution is 0.0954. The van der Waals surface area contributed by atoms with Crippen LogP contribution in [0.3, 0.4) is 0 Å². The normalized spacial score (nSPS) is 10.7. The number of aromatic nitrogens is 2. The van der Waals surface area contributed by atoms with E-state index in [0.717, 1.165) is 22.2 Å². The second kappa shape index (κ2) is 6.71. The molecular weight excluding hydrogens is 314 g/mol. The second-order valence-corrected chi connectivity index (χ2v) is 5.43. The zero-order chi connectivity index (χ0) is 16.2. The molecule has 0 unspecified atom stereocenters. The van der Waals surface area contributed by atoms with Gasteiger partial charge in [-0.15, -0.1) is 0 Å². The molecule has 1 amide bonds. The fourth-order valence-electron chi connectivity index (χ4n) is 2.45. The number of benzene rings is 1. The molecule has 0 fully saturated rings. The highest BCUT2D eigenvalue weighted by Gasteiger charge is 2.11. The monoisotopic (exact) mass is 329 g/mol. The topological polar surface area (TPSA) is 67.0 Å². The van der Waals surface area contributed by atoms with Crippen molar-refractivity contribution in [2.75, 3.05) is 13.7 Å². The van der Waals surface area contributed by atoms with Crippen LogP contribution in [0.15, 0.2) is 42.7 Å². The molecule has 0 aliphatic carbocycles. The molecular formula is C17H16ClN3O2. The summed E-state index contributed by atoms with van der Waals surface area (Å²) in [6.07, 6.45) is 4.21. The van der Waals surface area contributed by atoms with Crippen LogP contribution in [0, 0.1) is 0 Å². The van der Waals surface area contributed by atoms with E-state index in [1.54, 1.807) is 25.4 Å². The van der Waals surface area contributed by atoms with E-state index in [4.69, 9.17) is 16.3 Å². The standard InChI is InChI=1S/C17H16ClN3O2/c1-23-12-4-5-15-14(9-12)11(10-21-15)6-8-20-17(22)13-3-2-7-19-16(13)18/h2-5,7,9-10,21H,6,8H2,1H3,(H,20,22). The minimum absolute atomic E-state index is 0.210. The average Bonchev–Trinajstić information content (AvgIpc) is 2.97. The Morgan fingerprint density at radius 2 is 2.26 bits per heavy atom. The first-order valence-corrected chi connectivity index (χ1v) is 7.59. The number of halogens is 1. The first-order valence-electron chi connectivity index (χ1n) is 7.22.